The Bertz CT molecular complexity index is 229. The molecule has 0 aromatic rings. The first-order chi connectivity index (χ1) is 7.92. The first-order valence-electron chi connectivity index (χ1n) is 6.92. The summed E-state index contributed by atoms with van der Waals surface area (Å²) in [4.78, 5) is 0. The SMILES string of the molecule is CNC(C1=CCCCO1)C1CCCCCC1. The molecule has 0 amide bonds. The molecule has 2 aliphatic rings. The first kappa shape index (κ1) is 12.0. The van der Waals surface area contributed by atoms with Gasteiger partial charge in [0.15, 0.2) is 0 Å². The molecule has 1 heterocycles. The summed E-state index contributed by atoms with van der Waals surface area (Å²) in [6.07, 6.45) is 13.1. The summed E-state index contributed by atoms with van der Waals surface area (Å²) < 4.78 is 5.82. The minimum Gasteiger partial charge on any atom is -0.497 e. The standard InChI is InChI=1S/C14H25NO/c1-15-14(13-10-6-7-11-16-13)12-8-4-2-3-5-9-12/h10,12,14-15H,2-9,11H2,1H3. The van der Waals surface area contributed by atoms with Crippen molar-refractivity contribution in [3.05, 3.63) is 11.8 Å². The Morgan fingerprint density at radius 1 is 1.19 bits per heavy atom. The summed E-state index contributed by atoms with van der Waals surface area (Å²) in [6, 6.07) is 0.471. The fourth-order valence-electron chi connectivity index (χ4n) is 3.05. The van der Waals surface area contributed by atoms with Crippen LogP contribution in [0.25, 0.3) is 0 Å². The molecule has 0 spiro atoms. The molecule has 1 saturated carbocycles. The first-order valence-corrected chi connectivity index (χ1v) is 6.92. The number of hydrogen-bond acceptors (Lipinski definition) is 2. The molecule has 1 atom stereocenters. The average Bonchev–Trinajstić information content (AvgIpc) is 2.61. The molecule has 0 radical (unpaired) electrons. The number of hydrogen-bond donors (Lipinski definition) is 1. The van der Waals surface area contributed by atoms with Crippen LogP contribution in [0.1, 0.15) is 51.4 Å². The van der Waals surface area contributed by atoms with Crippen LogP contribution in [0.4, 0.5) is 0 Å². The van der Waals surface area contributed by atoms with Crippen molar-refractivity contribution in [1.82, 2.24) is 5.32 Å². The molecule has 92 valence electrons. The number of rotatable bonds is 3. The molecule has 1 aliphatic heterocycles. The highest BCUT2D eigenvalue weighted by atomic mass is 16.5. The minimum absolute atomic E-state index is 0.471. The summed E-state index contributed by atoms with van der Waals surface area (Å²) in [6.45, 7) is 0.913. The number of likely N-dealkylation sites (N-methyl/N-ethyl adjacent to an activating group) is 1. The lowest BCUT2D eigenvalue weighted by Crippen LogP contribution is -2.37. The fraction of sp³-hybridized carbons (Fsp3) is 0.857. The van der Waals surface area contributed by atoms with Crippen LogP contribution in [0, 0.1) is 5.92 Å². The smallest absolute Gasteiger partial charge is 0.109 e. The zero-order valence-electron chi connectivity index (χ0n) is 10.5. The molecular weight excluding hydrogens is 198 g/mol. The van der Waals surface area contributed by atoms with E-state index in [1.54, 1.807) is 0 Å². The summed E-state index contributed by atoms with van der Waals surface area (Å²) in [5, 5.41) is 3.48. The Hall–Kier alpha value is -0.500. The van der Waals surface area contributed by atoms with E-state index in [1.165, 1.54) is 57.1 Å². The normalized spacial score (nSPS) is 25.4. The second-order valence-corrected chi connectivity index (χ2v) is 5.12. The van der Waals surface area contributed by atoms with Crippen LogP contribution in [-0.2, 0) is 4.74 Å². The van der Waals surface area contributed by atoms with Gasteiger partial charge in [-0.25, -0.2) is 0 Å². The molecule has 1 unspecified atom stereocenters. The van der Waals surface area contributed by atoms with Crippen LogP contribution in [-0.4, -0.2) is 19.7 Å². The molecule has 2 rings (SSSR count). The molecule has 0 bridgehead atoms. The van der Waals surface area contributed by atoms with Crippen molar-refractivity contribution in [2.24, 2.45) is 5.92 Å². The summed E-state index contributed by atoms with van der Waals surface area (Å²) in [5.41, 5.74) is 0. The lowest BCUT2D eigenvalue weighted by molar-refractivity contribution is 0.149. The molecule has 1 aliphatic carbocycles. The van der Waals surface area contributed by atoms with Crippen molar-refractivity contribution in [1.29, 1.82) is 0 Å². The molecule has 1 N–H and O–H groups in total. The number of ether oxygens (including phenoxy) is 1. The largest absolute Gasteiger partial charge is 0.497 e. The third-order valence-electron chi connectivity index (χ3n) is 3.95. The highest BCUT2D eigenvalue weighted by molar-refractivity contribution is 5.07. The highest BCUT2D eigenvalue weighted by Crippen LogP contribution is 2.30. The van der Waals surface area contributed by atoms with Gasteiger partial charge in [0.25, 0.3) is 0 Å². The molecule has 2 heteroatoms. The predicted molar refractivity (Wildman–Crippen MR) is 67.3 cm³/mol. The maximum absolute atomic E-state index is 5.82. The lowest BCUT2D eigenvalue weighted by atomic mass is 9.90. The van der Waals surface area contributed by atoms with Gasteiger partial charge in [0.05, 0.1) is 12.6 Å². The second-order valence-electron chi connectivity index (χ2n) is 5.12. The molecule has 0 aromatic heterocycles. The molecule has 0 saturated heterocycles. The Labute approximate surface area is 99.4 Å². The fourth-order valence-corrected chi connectivity index (χ4v) is 3.05. The van der Waals surface area contributed by atoms with Crippen LogP contribution < -0.4 is 5.32 Å². The van der Waals surface area contributed by atoms with Crippen molar-refractivity contribution >= 4 is 0 Å². The zero-order valence-corrected chi connectivity index (χ0v) is 10.5. The Morgan fingerprint density at radius 3 is 2.50 bits per heavy atom. The third-order valence-corrected chi connectivity index (χ3v) is 3.95. The van der Waals surface area contributed by atoms with E-state index in [1.807, 2.05) is 0 Å². The van der Waals surface area contributed by atoms with Gasteiger partial charge in [-0.2, -0.15) is 0 Å². The molecule has 1 fully saturated rings. The maximum atomic E-state index is 5.82. The maximum Gasteiger partial charge on any atom is 0.109 e. The minimum atomic E-state index is 0.471. The third kappa shape index (κ3) is 3.00. The van der Waals surface area contributed by atoms with Crippen molar-refractivity contribution in [3.63, 3.8) is 0 Å². The van der Waals surface area contributed by atoms with Crippen molar-refractivity contribution in [2.45, 2.75) is 57.4 Å². The van der Waals surface area contributed by atoms with E-state index in [4.69, 9.17) is 4.74 Å². The van der Waals surface area contributed by atoms with Crippen LogP contribution in [0.5, 0.6) is 0 Å². The van der Waals surface area contributed by atoms with Crippen LogP contribution in [0.15, 0.2) is 11.8 Å². The highest BCUT2D eigenvalue weighted by Gasteiger charge is 2.26. The van der Waals surface area contributed by atoms with Gasteiger partial charge in [-0.05, 0) is 44.7 Å². The van der Waals surface area contributed by atoms with E-state index in [9.17, 15) is 0 Å². The average molecular weight is 223 g/mol. The van der Waals surface area contributed by atoms with E-state index in [-0.39, 0.29) is 0 Å². The van der Waals surface area contributed by atoms with E-state index in [2.05, 4.69) is 18.4 Å². The predicted octanol–water partition coefficient (Wildman–Crippen LogP) is 3.24. The molecular formula is C14H25NO. The Balaban J connectivity index is 1.99. The van der Waals surface area contributed by atoms with Gasteiger partial charge < -0.3 is 10.1 Å². The van der Waals surface area contributed by atoms with E-state index in [0.717, 1.165) is 12.5 Å². The summed E-state index contributed by atoms with van der Waals surface area (Å²) >= 11 is 0. The van der Waals surface area contributed by atoms with Crippen molar-refractivity contribution in [2.75, 3.05) is 13.7 Å². The van der Waals surface area contributed by atoms with Gasteiger partial charge in [-0.1, -0.05) is 25.7 Å². The second kappa shape index (κ2) is 6.29. The lowest BCUT2D eigenvalue weighted by Gasteiger charge is -2.29. The number of nitrogens with one attached hydrogen (secondary N) is 1. The van der Waals surface area contributed by atoms with E-state index < -0.39 is 0 Å². The van der Waals surface area contributed by atoms with Gasteiger partial charge >= 0.3 is 0 Å². The van der Waals surface area contributed by atoms with Gasteiger partial charge in [0.1, 0.15) is 5.76 Å². The topological polar surface area (TPSA) is 21.3 Å². The van der Waals surface area contributed by atoms with Gasteiger partial charge in [-0.3, -0.25) is 0 Å². The zero-order chi connectivity index (χ0) is 11.2. The molecule has 16 heavy (non-hydrogen) atoms. The van der Waals surface area contributed by atoms with E-state index in [0.29, 0.717) is 6.04 Å². The van der Waals surface area contributed by atoms with Crippen LogP contribution >= 0.6 is 0 Å². The van der Waals surface area contributed by atoms with Gasteiger partial charge in [0.2, 0.25) is 0 Å². The summed E-state index contributed by atoms with van der Waals surface area (Å²) in [7, 11) is 2.08. The monoisotopic (exact) mass is 223 g/mol. The quantitative estimate of drug-likeness (QED) is 0.742. The van der Waals surface area contributed by atoms with Crippen LogP contribution in [0.2, 0.25) is 0 Å². The van der Waals surface area contributed by atoms with Gasteiger partial charge in [0, 0.05) is 0 Å². The summed E-state index contributed by atoms with van der Waals surface area (Å²) in [5.74, 6) is 2.01. The van der Waals surface area contributed by atoms with Crippen LogP contribution in [0.3, 0.4) is 0 Å². The van der Waals surface area contributed by atoms with Crippen molar-refractivity contribution < 1.29 is 4.74 Å². The molecule has 2 nitrogen and oxygen atoms in total. The Kier molecular flexibility index (Phi) is 4.70. The number of allylic oxidation sites excluding steroid dienone is 1. The van der Waals surface area contributed by atoms with E-state index >= 15 is 0 Å². The van der Waals surface area contributed by atoms with Crippen molar-refractivity contribution in [3.8, 4) is 0 Å². The molecule has 0 aromatic carbocycles. The Morgan fingerprint density at radius 2 is 1.94 bits per heavy atom. The van der Waals surface area contributed by atoms with Gasteiger partial charge in [-0.15, -0.1) is 0 Å².